The molecule has 2 aromatic carbocycles. The maximum atomic E-state index is 13.1. The van der Waals surface area contributed by atoms with Crippen LogP contribution in [0.5, 0.6) is 5.75 Å². The number of ether oxygens (including phenoxy) is 1. The van der Waals surface area contributed by atoms with Crippen molar-refractivity contribution in [3.8, 4) is 5.75 Å². The van der Waals surface area contributed by atoms with Crippen LogP contribution in [0.15, 0.2) is 53.4 Å². The van der Waals surface area contributed by atoms with E-state index in [4.69, 9.17) is 4.74 Å². The molecule has 1 aliphatic rings. The summed E-state index contributed by atoms with van der Waals surface area (Å²) >= 11 is 0. The van der Waals surface area contributed by atoms with Crippen LogP contribution in [-0.4, -0.2) is 45.4 Å². The molecule has 0 radical (unpaired) electrons. The second-order valence-corrected chi connectivity index (χ2v) is 8.91. The number of para-hydroxylation sites is 2. The Bertz CT molecular complexity index is 958. The Labute approximate surface area is 166 Å². The van der Waals surface area contributed by atoms with Crippen molar-refractivity contribution in [3.05, 3.63) is 54.1 Å². The van der Waals surface area contributed by atoms with Gasteiger partial charge in [0.25, 0.3) is 5.91 Å². The Kier molecular flexibility index (Phi) is 6.05. The molecular weight excluding hydrogens is 376 g/mol. The van der Waals surface area contributed by atoms with Gasteiger partial charge < -0.3 is 9.64 Å². The molecule has 2 aromatic rings. The molecule has 1 unspecified atom stereocenters. The molecule has 1 fully saturated rings. The zero-order valence-corrected chi connectivity index (χ0v) is 17.3. The first-order valence-electron chi connectivity index (χ1n) is 9.39. The van der Waals surface area contributed by atoms with E-state index >= 15 is 0 Å². The van der Waals surface area contributed by atoms with Gasteiger partial charge in [-0.05, 0) is 50.1 Å². The van der Waals surface area contributed by atoms with Crippen LogP contribution in [0, 0.1) is 0 Å². The van der Waals surface area contributed by atoms with Gasteiger partial charge in [-0.2, -0.15) is 4.31 Å². The average Bonchev–Trinajstić information content (AvgIpc) is 2.73. The molecule has 0 bridgehead atoms. The lowest BCUT2D eigenvalue weighted by Crippen LogP contribution is -2.42. The molecule has 6 nitrogen and oxygen atoms in total. The predicted octanol–water partition coefficient (Wildman–Crippen LogP) is 3.53. The van der Waals surface area contributed by atoms with Gasteiger partial charge in [-0.25, -0.2) is 8.42 Å². The van der Waals surface area contributed by atoms with Crippen molar-refractivity contribution in [3.63, 3.8) is 0 Å². The molecule has 0 aliphatic carbocycles. The number of anilines is 1. The maximum Gasteiger partial charge on any atom is 0.258 e. The smallest absolute Gasteiger partial charge is 0.258 e. The Morgan fingerprint density at radius 1 is 1.14 bits per heavy atom. The van der Waals surface area contributed by atoms with Gasteiger partial charge in [0.05, 0.1) is 17.7 Å². The fourth-order valence-electron chi connectivity index (χ4n) is 3.56. The first-order chi connectivity index (χ1) is 13.4. The standard InChI is InChI=1S/C21H26N2O4S/c1-16-9-6-7-14-23(16)28(25,26)18-11-8-10-17(15-18)21(24)22(2)19-12-4-5-13-20(19)27-3/h4-5,8,10-13,15-16H,6-7,9,14H2,1-3H3. The number of benzene rings is 2. The van der Waals surface area contributed by atoms with Gasteiger partial charge in [0.2, 0.25) is 10.0 Å². The molecule has 1 amide bonds. The number of nitrogens with zero attached hydrogens (tertiary/aromatic N) is 2. The van der Waals surface area contributed by atoms with Crippen LogP contribution in [0.3, 0.4) is 0 Å². The summed E-state index contributed by atoms with van der Waals surface area (Å²) in [4.78, 5) is 14.6. The van der Waals surface area contributed by atoms with Crippen molar-refractivity contribution < 1.29 is 17.9 Å². The summed E-state index contributed by atoms with van der Waals surface area (Å²) in [6, 6.07) is 13.4. The van der Waals surface area contributed by atoms with Gasteiger partial charge in [-0.15, -0.1) is 0 Å². The van der Waals surface area contributed by atoms with E-state index in [1.54, 1.807) is 48.8 Å². The summed E-state index contributed by atoms with van der Waals surface area (Å²) in [5.41, 5.74) is 0.937. The third-order valence-electron chi connectivity index (χ3n) is 5.18. The second kappa shape index (κ2) is 8.32. The van der Waals surface area contributed by atoms with Crippen molar-refractivity contribution >= 4 is 21.6 Å². The second-order valence-electron chi connectivity index (χ2n) is 7.02. The molecule has 0 saturated carbocycles. The zero-order chi connectivity index (χ0) is 20.3. The van der Waals surface area contributed by atoms with E-state index in [-0.39, 0.29) is 16.8 Å². The zero-order valence-electron chi connectivity index (χ0n) is 16.5. The molecule has 1 heterocycles. The van der Waals surface area contributed by atoms with E-state index in [9.17, 15) is 13.2 Å². The lowest BCUT2D eigenvalue weighted by molar-refractivity contribution is 0.0992. The minimum absolute atomic E-state index is 0.0330. The topological polar surface area (TPSA) is 66.9 Å². The lowest BCUT2D eigenvalue weighted by atomic mass is 10.1. The number of carbonyl (C=O) groups excluding carboxylic acids is 1. The van der Waals surface area contributed by atoms with E-state index in [1.165, 1.54) is 11.0 Å². The minimum Gasteiger partial charge on any atom is -0.495 e. The van der Waals surface area contributed by atoms with Gasteiger partial charge in [0.1, 0.15) is 5.75 Å². The van der Waals surface area contributed by atoms with Crippen molar-refractivity contribution in [2.45, 2.75) is 37.1 Å². The van der Waals surface area contributed by atoms with Crippen LogP contribution >= 0.6 is 0 Å². The molecule has 0 N–H and O–H groups in total. The molecule has 0 spiro atoms. The third-order valence-corrected chi connectivity index (χ3v) is 7.19. The van der Waals surface area contributed by atoms with Crippen LogP contribution < -0.4 is 9.64 Å². The normalized spacial score (nSPS) is 17.9. The van der Waals surface area contributed by atoms with Crippen LogP contribution in [0.2, 0.25) is 0 Å². The molecule has 150 valence electrons. The molecular formula is C21H26N2O4S. The number of sulfonamides is 1. The van der Waals surface area contributed by atoms with Crippen LogP contribution in [0.25, 0.3) is 0 Å². The van der Waals surface area contributed by atoms with E-state index in [2.05, 4.69) is 0 Å². The summed E-state index contributed by atoms with van der Waals surface area (Å²) in [5.74, 6) is 0.275. The number of carbonyl (C=O) groups is 1. The van der Waals surface area contributed by atoms with Crippen molar-refractivity contribution in [2.24, 2.45) is 0 Å². The molecule has 3 rings (SSSR count). The number of piperidine rings is 1. The molecule has 7 heteroatoms. The van der Waals surface area contributed by atoms with Crippen molar-refractivity contribution in [1.29, 1.82) is 0 Å². The van der Waals surface area contributed by atoms with Crippen LogP contribution in [0.1, 0.15) is 36.5 Å². The highest BCUT2D eigenvalue weighted by Gasteiger charge is 2.31. The fraction of sp³-hybridized carbons (Fsp3) is 0.381. The predicted molar refractivity (Wildman–Crippen MR) is 109 cm³/mol. The van der Waals surface area contributed by atoms with Gasteiger partial charge >= 0.3 is 0 Å². The largest absolute Gasteiger partial charge is 0.495 e. The molecule has 28 heavy (non-hydrogen) atoms. The first-order valence-corrected chi connectivity index (χ1v) is 10.8. The van der Waals surface area contributed by atoms with E-state index in [0.717, 1.165) is 19.3 Å². The van der Waals surface area contributed by atoms with E-state index < -0.39 is 10.0 Å². The van der Waals surface area contributed by atoms with Gasteiger partial charge in [-0.1, -0.05) is 24.6 Å². The van der Waals surface area contributed by atoms with Crippen molar-refractivity contribution in [1.82, 2.24) is 4.31 Å². The average molecular weight is 403 g/mol. The monoisotopic (exact) mass is 402 g/mol. The number of methoxy groups -OCH3 is 1. The number of amides is 1. The summed E-state index contributed by atoms with van der Waals surface area (Å²) in [6.07, 6.45) is 2.75. The summed E-state index contributed by atoms with van der Waals surface area (Å²) in [5, 5.41) is 0. The number of hydrogen-bond donors (Lipinski definition) is 0. The Morgan fingerprint density at radius 2 is 1.89 bits per heavy atom. The van der Waals surface area contributed by atoms with Gasteiger partial charge in [0, 0.05) is 25.2 Å². The molecule has 1 saturated heterocycles. The number of hydrogen-bond acceptors (Lipinski definition) is 4. The summed E-state index contributed by atoms with van der Waals surface area (Å²) in [6.45, 7) is 2.45. The first kappa shape index (κ1) is 20.4. The highest BCUT2D eigenvalue weighted by Crippen LogP contribution is 2.29. The highest BCUT2D eigenvalue weighted by atomic mass is 32.2. The highest BCUT2D eigenvalue weighted by molar-refractivity contribution is 7.89. The van der Waals surface area contributed by atoms with Gasteiger partial charge in [0.15, 0.2) is 0 Å². The van der Waals surface area contributed by atoms with E-state index in [1.807, 2.05) is 19.1 Å². The molecule has 1 aliphatic heterocycles. The lowest BCUT2D eigenvalue weighted by Gasteiger charge is -2.32. The van der Waals surface area contributed by atoms with Crippen molar-refractivity contribution in [2.75, 3.05) is 25.6 Å². The van der Waals surface area contributed by atoms with Gasteiger partial charge in [-0.3, -0.25) is 4.79 Å². The third kappa shape index (κ3) is 3.91. The SMILES string of the molecule is COc1ccccc1N(C)C(=O)c1cccc(S(=O)(=O)N2CCCCC2C)c1. The quantitative estimate of drug-likeness (QED) is 0.767. The Morgan fingerprint density at radius 3 is 2.61 bits per heavy atom. The minimum atomic E-state index is -3.63. The fourth-order valence-corrected chi connectivity index (χ4v) is 5.31. The van der Waals surface area contributed by atoms with Crippen LogP contribution in [0.4, 0.5) is 5.69 Å². The number of rotatable bonds is 5. The Hall–Kier alpha value is -2.38. The maximum absolute atomic E-state index is 13.1. The van der Waals surface area contributed by atoms with E-state index in [0.29, 0.717) is 23.5 Å². The summed E-state index contributed by atoms with van der Waals surface area (Å²) < 4.78 is 33.1. The molecule has 1 atom stereocenters. The molecule has 0 aromatic heterocycles. The Balaban J connectivity index is 1.91. The summed E-state index contributed by atoms with van der Waals surface area (Å²) in [7, 11) is -0.440. The van der Waals surface area contributed by atoms with Crippen LogP contribution in [-0.2, 0) is 10.0 Å².